The van der Waals surface area contributed by atoms with Crippen molar-refractivity contribution in [3.8, 4) is 0 Å². The summed E-state index contributed by atoms with van der Waals surface area (Å²) in [6.45, 7) is 3.18. The monoisotopic (exact) mass is 246 g/mol. The first-order valence-corrected chi connectivity index (χ1v) is 5.95. The van der Waals surface area contributed by atoms with Crippen LogP contribution in [0.2, 0.25) is 0 Å². The minimum atomic E-state index is 0.0129. The van der Waals surface area contributed by atoms with Crippen molar-refractivity contribution in [1.29, 1.82) is 0 Å². The second-order valence-electron chi connectivity index (χ2n) is 4.57. The van der Waals surface area contributed by atoms with Gasteiger partial charge in [0, 0.05) is 31.0 Å². The third-order valence-corrected chi connectivity index (χ3v) is 2.96. The van der Waals surface area contributed by atoms with Gasteiger partial charge in [0.15, 0.2) is 11.5 Å². The van der Waals surface area contributed by atoms with Crippen LogP contribution in [-0.2, 0) is 9.53 Å². The van der Waals surface area contributed by atoms with Gasteiger partial charge in [-0.2, -0.15) is 0 Å². The highest BCUT2D eigenvalue weighted by molar-refractivity contribution is 5.92. The second-order valence-corrected chi connectivity index (χ2v) is 4.57. The molecule has 18 heavy (non-hydrogen) atoms. The molecule has 0 spiro atoms. The van der Waals surface area contributed by atoms with Gasteiger partial charge >= 0.3 is 0 Å². The van der Waals surface area contributed by atoms with Crippen LogP contribution in [0.25, 0.3) is 11.1 Å². The maximum Gasteiger partial charge on any atom is 0.224 e. The maximum atomic E-state index is 11.7. The average molecular weight is 246 g/mol. The van der Waals surface area contributed by atoms with Crippen molar-refractivity contribution in [2.45, 2.75) is 13.3 Å². The molecule has 1 aliphatic heterocycles. The van der Waals surface area contributed by atoms with Crippen LogP contribution in [-0.4, -0.2) is 24.1 Å². The number of aromatic nitrogens is 1. The molecule has 2 heterocycles. The molecule has 0 unspecified atom stereocenters. The number of nitrogens with zero attached hydrogens (tertiary/aromatic N) is 1. The molecule has 1 saturated heterocycles. The first-order chi connectivity index (χ1) is 8.70. The van der Waals surface area contributed by atoms with Gasteiger partial charge in [0.2, 0.25) is 5.91 Å². The van der Waals surface area contributed by atoms with Crippen LogP contribution in [0.5, 0.6) is 0 Å². The average Bonchev–Trinajstić information content (AvgIpc) is 2.63. The number of benzene rings is 1. The van der Waals surface area contributed by atoms with Gasteiger partial charge in [0.05, 0.1) is 13.2 Å². The molecule has 0 bridgehead atoms. The first kappa shape index (κ1) is 11.2. The van der Waals surface area contributed by atoms with Gasteiger partial charge in [-0.15, -0.1) is 0 Å². The van der Waals surface area contributed by atoms with Gasteiger partial charge in [0.1, 0.15) is 5.52 Å². The molecule has 1 N–H and O–H groups in total. The van der Waals surface area contributed by atoms with Crippen LogP contribution in [0.1, 0.15) is 12.3 Å². The number of ether oxygens (including phenoxy) is 1. The summed E-state index contributed by atoms with van der Waals surface area (Å²) in [5.41, 5.74) is 2.24. The molecule has 3 rings (SSSR count). The quantitative estimate of drug-likeness (QED) is 0.900. The summed E-state index contributed by atoms with van der Waals surface area (Å²) in [6, 6.07) is 5.47. The van der Waals surface area contributed by atoms with Gasteiger partial charge < -0.3 is 14.5 Å². The van der Waals surface area contributed by atoms with E-state index in [2.05, 4.69) is 10.3 Å². The number of rotatable bonds is 3. The Morgan fingerprint density at radius 1 is 1.50 bits per heavy atom. The lowest BCUT2D eigenvalue weighted by Crippen LogP contribution is -2.31. The SMILES string of the molecule is Cc1nc2ccc(NC(=O)CC3COC3)cc2o1. The zero-order chi connectivity index (χ0) is 12.5. The zero-order valence-electron chi connectivity index (χ0n) is 10.1. The van der Waals surface area contributed by atoms with Crippen LogP contribution in [0, 0.1) is 12.8 Å². The highest BCUT2D eigenvalue weighted by Gasteiger charge is 2.21. The minimum Gasteiger partial charge on any atom is -0.441 e. The molecule has 0 saturated carbocycles. The Labute approximate surface area is 104 Å². The Morgan fingerprint density at radius 3 is 3.06 bits per heavy atom. The highest BCUT2D eigenvalue weighted by atomic mass is 16.5. The van der Waals surface area contributed by atoms with E-state index >= 15 is 0 Å². The molecule has 2 aromatic rings. The predicted octanol–water partition coefficient (Wildman–Crippen LogP) is 2.11. The number of oxazole rings is 1. The Bertz CT molecular complexity index is 587. The summed E-state index contributed by atoms with van der Waals surface area (Å²) in [5.74, 6) is 1.00. The number of hydrogen-bond acceptors (Lipinski definition) is 4. The van der Waals surface area contributed by atoms with E-state index in [0.717, 1.165) is 11.2 Å². The number of fused-ring (bicyclic) bond motifs is 1. The maximum absolute atomic E-state index is 11.7. The van der Waals surface area contributed by atoms with Crippen LogP contribution in [0.3, 0.4) is 0 Å². The Hall–Kier alpha value is -1.88. The Kier molecular flexibility index (Phi) is 2.76. The van der Waals surface area contributed by atoms with E-state index in [1.807, 2.05) is 12.1 Å². The molecule has 1 aliphatic rings. The molecule has 0 aliphatic carbocycles. The summed E-state index contributed by atoms with van der Waals surface area (Å²) < 4.78 is 10.5. The van der Waals surface area contributed by atoms with Crippen molar-refractivity contribution in [3.05, 3.63) is 24.1 Å². The lowest BCUT2D eigenvalue weighted by Gasteiger charge is -2.25. The molecule has 1 amide bonds. The molecule has 5 heteroatoms. The van der Waals surface area contributed by atoms with Crippen molar-refractivity contribution < 1.29 is 13.9 Å². The van der Waals surface area contributed by atoms with Gasteiger partial charge in [-0.3, -0.25) is 4.79 Å². The van der Waals surface area contributed by atoms with E-state index in [0.29, 0.717) is 37.0 Å². The zero-order valence-corrected chi connectivity index (χ0v) is 10.1. The van der Waals surface area contributed by atoms with E-state index in [4.69, 9.17) is 9.15 Å². The van der Waals surface area contributed by atoms with Crippen molar-refractivity contribution in [1.82, 2.24) is 4.98 Å². The second kappa shape index (κ2) is 4.42. The number of nitrogens with one attached hydrogen (secondary N) is 1. The number of aryl methyl sites for hydroxylation is 1. The van der Waals surface area contributed by atoms with E-state index in [9.17, 15) is 4.79 Å². The van der Waals surface area contributed by atoms with Crippen LogP contribution >= 0.6 is 0 Å². The van der Waals surface area contributed by atoms with Crippen LogP contribution < -0.4 is 5.32 Å². The smallest absolute Gasteiger partial charge is 0.224 e. The van der Waals surface area contributed by atoms with Gasteiger partial charge in [0.25, 0.3) is 0 Å². The number of hydrogen-bond donors (Lipinski definition) is 1. The lowest BCUT2D eigenvalue weighted by molar-refractivity contribution is -0.121. The van der Waals surface area contributed by atoms with Gasteiger partial charge in [-0.25, -0.2) is 4.98 Å². The van der Waals surface area contributed by atoms with Gasteiger partial charge in [-0.1, -0.05) is 0 Å². The Morgan fingerprint density at radius 2 is 2.33 bits per heavy atom. The standard InChI is InChI=1S/C13H14N2O3/c1-8-14-11-3-2-10(5-12(11)18-8)15-13(16)4-9-6-17-7-9/h2-3,5,9H,4,6-7H2,1H3,(H,15,16). The molecule has 1 aromatic heterocycles. The summed E-state index contributed by atoms with van der Waals surface area (Å²) in [6.07, 6.45) is 0.507. The molecule has 1 aromatic carbocycles. The fourth-order valence-electron chi connectivity index (χ4n) is 1.99. The molecular formula is C13H14N2O3. The fourth-order valence-corrected chi connectivity index (χ4v) is 1.99. The minimum absolute atomic E-state index is 0.0129. The molecule has 0 atom stereocenters. The number of carbonyl (C=O) groups is 1. The largest absolute Gasteiger partial charge is 0.441 e. The molecule has 5 nitrogen and oxygen atoms in total. The normalized spacial score (nSPS) is 15.6. The van der Waals surface area contributed by atoms with Crippen LogP contribution in [0.4, 0.5) is 5.69 Å². The summed E-state index contributed by atoms with van der Waals surface area (Å²) in [5, 5.41) is 2.86. The third-order valence-electron chi connectivity index (χ3n) is 2.96. The van der Waals surface area contributed by atoms with Gasteiger partial charge in [-0.05, 0) is 12.1 Å². The Balaban J connectivity index is 1.71. The lowest BCUT2D eigenvalue weighted by atomic mass is 10.0. The van der Waals surface area contributed by atoms with E-state index < -0.39 is 0 Å². The van der Waals surface area contributed by atoms with Crippen LogP contribution in [0.15, 0.2) is 22.6 Å². The topological polar surface area (TPSA) is 64.4 Å². The molecule has 1 fully saturated rings. The summed E-state index contributed by atoms with van der Waals surface area (Å²) in [7, 11) is 0. The number of anilines is 1. The molecule has 0 radical (unpaired) electrons. The molecule has 94 valence electrons. The number of carbonyl (C=O) groups excluding carboxylic acids is 1. The summed E-state index contributed by atoms with van der Waals surface area (Å²) >= 11 is 0. The van der Waals surface area contributed by atoms with E-state index in [1.54, 1.807) is 13.0 Å². The van der Waals surface area contributed by atoms with E-state index in [-0.39, 0.29) is 5.91 Å². The molecular weight excluding hydrogens is 232 g/mol. The van der Waals surface area contributed by atoms with Crippen molar-refractivity contribution >= 4 is 22.7 Å². The fraction of sp³-hybridized carbons (Fsp3) is 0.385. The van der Waals surface area contributed by atoms with Crippen molar-refractivity contribution in [3.63, 3.8) is 0 Å². The first-order valence-electron chi connectivity index (χ1n) is 5.95. The third kappa shape index (κ3) is 2.22. The predicted molar refractivity (Wildman–Crippen MR) is 66.3 cm³/mol. The highest BCUT2D eigenvalue weighted by Crippen LogP contribution is 2.21. The summed E-state index contributed by atoms with van der Waals surface area (Å²) in [4.78, 5) is 16.0. The van der Waals surface area contributed by atoms with E-state index in [1.165, 1.54) is 0 Å². The van der Waals surface area contributed by atoms with Crippen molar-refractivity contribution in [2.24, 2.45) is 5.92 Å². The van der Waals surface area contributed by atoms with Crippen molar-refractivity contribution in [2.75, 3.05) is 18.5 Å². The number of amides is 1.